The Kier molecular flexibility index (Phi) is 4.06. The molecule has 0 unspecified atom stereocenters. The molecule has 0 saturated carbocycles. The van der Waals surface area contributed by atoms with Gasteiger partial charge in [-0.2, -0.15) is 0 Å². The maximum absolute atomic E-state index is 12.5. The Bertz CT molecular complexity index is 320. The fourth-order valence-electron chi connectivity index (χ4n) is 0.844. The van der Waals surface area contributed by atoms with Crippen molar-refractivity contribution in [2.75, 3.05) is 0 Å². The number of aromatic nitrogens is 1. The van der Waals surface area contributed by atoms with Crippen molar-refractivity contribution >= 4 is 43.5 Å². The van der Waals surface area contributed by atoms with Crippen molar-refractivity contribution < 1.29 is 8.78 Å². The zero-order valence-electron chi connectivity index (χ0n) is 6.20. The minimum absolute atomic E-state index is 0.0223. The summed E-state index contributed by atoms with van der Waals surface area (Å²) < 4.78 is 25.8. The van der Waals surface area contributed by atoms with Crippen LogP contribution in [-0.4, -0.2) is 4.98 Å². The van der Waals surface area contributed by atoms with Crippen molar-refractivity contribution in [3.05, 3.63) is 26.4 Å². The van der Waals surface area contributed by atoms with E-state index in [9.17, 15) is 8.78 Å². The summed E-state index contributed by atoms with van der Waals surface area (Å²) in [6.45, 7) is 0. The second-order valence-electron chi connectivity index (χ2n) is 2.21. The van der Waals surface area contributed by atoms with Crippen LogP contribution in [0.2, 0.25) is 0 Å². The van der Waals surface area contributed by atoms with E-state index in [1.807, 2.05) is 0 Å². The number of alkyl halides is 3. The molecule has 0 aliphatic heterocycles. The van der Waals surface area contributed by atoms with Gasteiger partial charge in [0.2, 0.25) is 0 Å². The number of hydrogen-bond acceptors (Lipinski definition) is 1. The molecule has 6 heteroatoms. The first-order valence-electron chi connectivity index (χ1n) is 3.24. The summed E-state index contributed by atoms with van der Waals surface area (Å²) in [5, 5.41) is 0. The maximum atomic E-state index is 12.5. The molecule has 0 aliphatic rings. The van der Waals surface area contributed by atoms with Gasteiger partial charge in [0.05, 0.1) is 21.6 Å². The Balaban J connectivity index is 3.32. The first kappa shape index (κ1) is 11.3. The Morgan fingerprint density at radius 2 is 2.08 bits per heavy atom. The molecule has 13 heavy (non-hydrogen) atoms. The summed E-state index contributed by atoms with van der Waals surface area (Å²) >= 11 is 11.6. The molecule has 0 spiro atoms. The minimum atomic E-state index is -2.58. The van der Waals surface area contributed by atoms with Gasteiger partial charge in [-0.15, -0.1) is 11.6 Å². The summed E-state index contributed by atoms with van der Waals surface area (Å²) in [6.07, 6.45) is -1.14. The average Bonchev–Trinajstić information content (AvgIpc) is 2.08. The van der Waals surface area contributed by atoms with Crippen LogP contribution in [0.4, 0.5) is 8.78 Å². The molecule has 0 bridgehead atoms. The number of halogens is 5. The van der Waals surface area contributed by atoms with Crippen molar-refractivity contribution in [1.82, 2.24) is 4.98 Å². The van der Waals surface area contributed by atoms with E-state index in [1.165, 1.54) is 6.20 Å². The molecule has 1 rings (SSSR count). The molecule has 0 radical (unpaired) electrons. The lowest BCUT2D eigenvalue weighted by Crippen LogP contribution is -1.98. The van der Waals surface area contributed by atoms with E-state index >= 15 is 0 Å². The molecule has 1 aromatic heterocycles. The highest BCUT2D eigenvalue weighted by Gasteiger charge is 2.19. The molecule has 1 heterocycles. The van der Waals surface area contributed by atoms with Crippen LogP contribution < -0.4 is 0 Å². The molecule has 0 aromatic carbocycles. The molecule has 0 N–H and O–H groups in total. The predicted molar refractivity (Wildman–Crippen MR) is 54.2 cm³/mol. The summed E-state index contributed by atoms with van der Waals surface area (Å²) in [5.41, 5.74) is 0.0520. The Morgan fingerprint density at radius 3 is 2.54 bits per heavy atom. The van der Waals surface area contributed by atoms with E-state index in [4.69, 9.17) is 11.6 Å². The van der Waals surface area contributed by atoms with Gasteiger partial charge in [-0.3, -0.25) is 4.98 Å². The Morgan fingerprint density at radius 1 is 1.46 bits per heavy atom. The number of nitrogens with zero attached hydrogens (tertiary/aromatic N) is 1. The van der Waals surface area contributed by atoms with Crippen LogP contribution >= 0.6 is 43.5 Å². The van der Waals surface area contributed by atoms with Gasteiger partial charge >= 0.3 is 0 Å². The van der Waals surface area contributed by atoms with Gasteiger partial charge in [-0.1, -0.05) is 0 Å². The molecule has 1 aromatic rings. The van der Waals surface area contributed by atoms with Crippen LogP contribution in [0.15, 0.2) is 15.1 Å². The number of rotatable bonds is 2. The van der Waals surface area contributed by atoms with Crippen molar-refractivity contribution in [2.45, 2.75) is 12.3 Å². The number of hydrogen-bond donors (Lipinski definition) is 0. The molecule has 1 nitrogen and oxygen atoms in total. The Hall–Kier alpha value is 0.260. The van der Waals surface area contributed by atoms with Crippen LogP contribution in [0.25, 0.3) is 0 Å². The van der Waals surface area contributed by atoms with Gasteiger partial charge in [-0.05, 0) is 31.9 Å². The topological polar surface area (TPSA) is 12.9 Å². The van der Waals surface area contributed by atoms with Crippen molar-refractivity contribution in [3.63, 3.8) is 0 Å². The Labute approximate surface area is 95.8 Å². The highest BCUT2D eigenvalue weighted by Crippen LogP contribution is 2.35. The van der Waals surface area contributed by atoms with Crippen molar-refractivity contribution in [3.8, 4) is 0 Å². The average molecular weight is 335 g/mol. The predicted octanol–water partition coefficient (Wildman–Crippen LogP) is 4.28. The lowest BCUT2D eigenvalue weighted by molar-refractivity contribution is 0.149. The normalized spacial score (nSPS) is 10.9. The maximum Gasteiger partial charge on any atom is 0.266 e. The van der Waals surface area contributed by atoms with Gasteiger partial charge in [0, 0.05) is 10.7 Å². The lowest BCUT2D eigenvalue weighted by Gasteiger charge is -2.08. The highest BCUT2D eigenvalue weighted by atomic mass is 79.9. The van der Waals surface area contributed by atoms with Crippen LogP contribution in [0.1, 0.15) is 17.7 Å². The molecule has 72 valence electrons. The summed E-state index contributed by atoms with van der Waals surface area (Å²) in [4.78, 5) is 3.79. The van der Waals surface area contributed by atoms with E-state index in [-0.39, 0.29) is 17.1 Å². The molecule has 0 saturated heterocycles. The third kappa shape index (κ3) is 2.39. The summed E-state index contributed by atoms with van der Waals surface area (Å²) in [7, 11) is 0. The molecule has 0 fully saturated rings. The van der Waals surface area contributed by atoms with Crippen LogP contribution in [0.5, 0.6) is 0 Å². The first-order chi connectivity index (χ1) is 6.07. The molecular weight excluding hydrogens is 331 g/mol. The van der Waals surface area contributed by atoms with E-state index in [0.717, 1.165) is 0 Å². The SMILES string of the molecule is FC(F)c1c(CCl)ncc(Br)c1Br. The monoisotopic (exact) mass is 333 g/mol. The zero-order chi connectivity index (χ0) is 10.0. The number of pyridine rings is 1. The van der Waals surface area contributed by atoms with Crippen LogP contribution in [0, 0.1) is 0 Å². The van der Waals surface area contributed by atoms with Gasteiger partial charge in [0.15, 0.2) is 0 Å². The van der Waals surface area contributed by atoms with E-state index in [0.29, 0.717) is 8.95 Å². The van der Waals surface area contributed by atoms with Crippen molar-refractivity contribution in [2.24, 2.45) is 0 Å². The standard InChI is InChI=1S/C7H4Br2ClF2N/c8-3-2-13-4(1-10)5(6(3)9)7(11)12/h2,7H,1H2. The van der Waals surface area contributed by atoms with Gasteiger partial charge in [0.1, 0.15) is 0 Å². The smallest absolute Gasteiger partial charge is 0.258 e. The fourth-order valence-corrected chi connectivity index (χ4v) is 1.88. The quantitative estimate of drug-likeness (QED) is 0.735. The van der Waals surface area contributed by atoms with Crippen LogP contribution in [0.3, 0.4) is 0 Å². The van der Waals surface area contributed by atoms with E-state index < -0.39 is 6.43 Å². The zero-order valence-corrected chi connectivity index (χ0v) is 10.1. The molecule has 0 atom stereocenters. The van der Waals surface area contributed by atoms with Gasteiger partial charge < -0.3 is 0 Å². The lowest BCUT2D eigenvalue weighted by atomic mass is 10.2. The van der Waals surface area contributed by atoms with Gasteiger partial charge in [0.25, 0.3) is 6.43 Å². The third-order valence-electron chi connectivity index (χ3n) is 1.44. The van der Waals surface area contributed by atoms with E-state index in [2.05, 4.69) is 36.8 Å². The molecular formula is C7H4Br2ClF2N. The first-order valence-corrected chi connectivity index (χ1v) is 5.36. The molecule has 0 aliphatic carbocycles. The second-order valence-corrected chi connectivity index (χ2v) is 4.13. The van der Waals surface area contributed by atoms with Crippen LogP contribution in [-0.2, 0) is 5.88 Å². The third-order valence-corrected chi connectivity index (χ3v) is 3.68. The summed E-state index contributed by atoms with van der Waals surface area (Å²) in [6, 6.07) is 0. The highest BCUT2D eigenvalue weighted by molar-refractivity contribution is 9.13. The largest absolute Gasteiger partial charge is 0.266 e. The van der Waals surface area contributed by atoms with Crippen molar-refractivity contribution in [1.29, 1.82) is 0 Å². The molecule has 0 amide bonds. The van der Waals surface area contributed by atoms with E-state index in [1.54, 1.807) is 0 Å². The second kappa shape index (κ2) is 4.66. The minimum Gasteiger partial charge on any atom is -0.258 e. The fraction of sp³-hybridized carbons (Fsp3) is 0.286. The summed E-state index contributed by atoms with van der Waals surface area (Å²) in [5.74, 6) is -0.0223. The van der Waals surface area contributed by atoms with Gasteiger partial charge in [-0.25, -0.2) is 8.78 Å².